The second-order valence-electron chi connectivity index (χ2n) is 8.14. The summed E-state index contributed by atoms with van der Waals surface area (Å²) < 4.78 is 31.6. The fourth-order valence-corrected chi connectivity index (χ4v) is 2.95. The molecule has 0 saturated heterocycles. The normalized spacial score (nSPS) is 11.9. The summed E-state index contributed by atoms with van der Waals surface area (Å²) in [6, 6.07) is 0. The number of nitrogens with two attached hydrogens (primary N) is 1. The predicted octanol–water partition coefficient (Wildman–Crippen LogP) is 6.33. The van der Waals surface area contributed by atoms with Gasteiger partial charge in [-0.3, -0.25) is 9.11 Å². The third kappa shape index (κ3) is 39.1. The maximum Gasteiger partial charge on any atom is 0.394 e. The number of unbranched alkanes of at least 4 members (excludes halogenated alkanes) is 14. The zero-order chi connectivity index (χ0) is 20.3. The van der Waals surface area contributed by atoms with E-state index in [1.54, 1.807) is 0 Å². The quantitative estimate of drug-likeness (QED) is 0.209. The van der Waals surface area contributed by atoms with Gasteiger partial charge in [-0.2, -0.15) is 8.42 Å². The van der Waals surface area contributed by atoms with Crippen molar-refractivity contribution >= 4 is 10.4 Å². The summed E-state index contributed by atoms with van der Waals surface area (Å²) in [5.74, 6) is 0. The summed E-state index contributed by atoms with van der Waals surface area (Å²) in [5.41, 5.74) is 6.03. The van der Waals surface area contributed by atoms with Crippen LogP contribution in [0.2, 0.25) is 0 Å². The Morgan fingerprint density at radius 1 is 0.654 bits per heavy atom. The van der Waals surface area contributed by atoms with Crippen molar-refractivity contribution in [2.75, 3.05) is 0 Å². The van der Waals surface area contributed by atoms with Gasteiger partial charge in [-0.1, -0.05) is 103 Å². The highest BCUT2D eigenvalue weighted by molar-refractivity contribution is 7.79. The van der Waals surface area contributed by atoms with Crippen LogP contribution in [0.25, 0.3) is 0 Å². The minimum Gasteiger partial charge on any atom is -0.326 e. The number of hydrogen-bond donors (Lipinski definition) is 3. The van der Waals surface area contributed by atoms with Crippen LogP contribution in [-0.4, -0.2) is 23.1 Å². The van der Waals surface area contributed by atoms with Crippen molar-refractivity contribution in [3.8, 4) is 0 Å². The lowest BCUT2D eigenvalue weighted by Crippen LogP contribution is -2.31. The first-order chi connectivity index (χ1) is 12.1. The van der Waals surface area contributed by atoms with Crippen molar-refractivity contribution in [2.45, 2.75) is 129 Å². The molecule has 0 spiro atoms. The van der Waals surface area contributed by atoms with Crippen LogP contribution in [0.1, 0.15) is 124 Å². The lowest BCUT2D eigenvalue weighted by atomic mass is 9.97. The molecule has 5 nitrogen and oxygen atoms in total. The molecule has 0 amide bonds. The molecule has 0 rings (SSSR count). The smallest absolute Gasteiger partial charge is 0.326 e. The monoisotopic (exact) mass is 395 g/mol. The standard InChI is InChI=1S/C20H43N.H2O4S/c1-4-5-6-7-8-9-10-11-12-13-14-15-16-17-18-19-20(2,3)21;1-5(2,3)4/h4-19,21H2,1-3H3;(H2,1,2,3,4). The Balaban J connectivity index is 0. The lowest BCUT2D eigenvalue weighted by molar-refractivity contribution is 0.381. The van der Waals surface area contributed by atoms with E-state index >= 15 is 0 Å². The molecule has 0 radical (unpaired) electrons. The van der Waals surface area contributed by atoms with Gasteiger partial charge in [-0.25, -0.2) is 0 Å². The summed E-state index contributed by atoms with van der Waals surface area (Å²) in [7, 11) is -4.67. The van der Waals surface area contributed by atoms with Crippen LogP contribution in [-0.2, 0) is 10.4 Å². The molecule has 0 aliphatic rings. The highest BCUT2D eigenvalue weighted by Crippen LogP contribution is 2.15. The molecule has 0 aromatic heterocycles. The van der Waals surface area contributed by atoms with Gasteiger partial charge in [0.25, 0.3) is 0 Å². The molecular formula is C20H45NO4S. The average molecular weight is 396 g/mol. The van der Waals surface area contributed by atoms with Crippen LogP contribution >= 0.6 is 0 Å². The first-order valence-electron chi connectivity index (χ1n) is 10.5. The van der Waals surface area contributed by atoms with Crippen LogP contribution in [0.5, 0.6) is 0 Å². The van der Waals surface area contributed by atoms with Crippen LogP contribution in [0.4, 0.5) is 0 Å². The van der Waals surface area contributed by atoms with Crippen molar-refractivity contribution in [3.05, 3.63) is 0 Å². The first-order valence-corrected chi connectivity index (χ1v) is 11.9. The molecule has 0 fully saturated rings. The Morgan fingerprint density at radius 2 is 0.885 bits per heavy atom. The van der Waals surface area contributed by atoms with E-state index in [9.17, 15) is 0 Å². The van der Waals surface area contributed by atoms with Crippen molar-refractivity contribution < 1.29 is 17.5 Å². The Morgan fingerprint density at radius 3 is 1.12 bits per heavy atom. The zero-order valence-electron chi connectivity index (χ0n) is 17.5. The molecule has 0 heterocycles. The fraction of sp³-hybridized carbons (Fsp3) is 1.00. The minimum absolute atomic E-state index is 0.0382. The van der Waals surface area contributed by atoms with Crippen LogP contribution in [0, 0.1) is 0 Å². The average Bonchev–Trinajstić information content (AvgIpc) is 2.48. The van der Waals surface area contributed by atoms with Gasteiger partial charge in [-0.05, 0) is 20.3 Å². The molecule has 0 aliphatic carbocycles. The molecule has 0 saturated carbocycles. The van der Waals surface area contributed by atoms with Gasteiger partial charge >= 0.3 is 10.4 Å². The second-order valence-corrected chi connectivity index (χ2v) is 9.03. The SMILES string of the molecule is CCCCCCCCCCCCCCCCCC(C)(C)N.O=S(=O)(O)O. The van der Waals surface area contributed by atoms with E-state index in [2.05, 4.69) is 20.8 Å². The third-order valence-corrected chi connectivity index (χ3v) is 4.42. The molecule has 0 unspecified atom stereocenters. The first kappa shape index (κ1) is 28.0. The van der Waals surface area contributed by atoms with Gasteiger partial charge in [0.05, 0.1) is 0 Å². The third-order valence-electron chi connectivity index (χ3n) is 4.42. The summed E-state index contributed by atoms with van der Waals surface area (Å²) in [4.78, 5) is 0. The van der Waals surface area contributed by atoms with Gasteiger partial charge in [-0.15, -0.1) is 0 Å². The van der Waals surface area contributed by atoms with E-state index < -0.39 is 10.4 Å². The highest BCUT2D eigenvalue weighted by Gasteiger charge is 2.08. The summed E-state index contributed by atoms with van der Waals surface area (Å²) in [5, 5.41) is 0. The van der Waals surface area contributed by atoms with Gasteiger partial charge in [0, 0.05) is 5.54 Å². The van der Waals surface area contributed by atoms with Crippen LogP contribution in [0.15, 0.2) is 0 Å². The van der Waals surface area contributed by atoms with E-state index in [4.69, 9.17) is 23.3 Å². The van der Waals surface area contributed by atoms with E-state index in [1.807, 2.05) is 0 Å². The summed E-state index contributed by atoms with van der Waals surface area (Å²) in [6.45, 7) is 6.56. The Hall–Kier alpha value is -0.170. The zero-order valence-corrected chi connectivity index (χ0v) is 18.3. The molecule has 0 aromatic carbocycles. The van der Waals surface area contributed by atoms with Gasteiger partial charge in [0.1, 0.15) is 0 Å². The molecule has 0 atom stereocenters. The Labute approximate surface area is 163 Å². The van der Waals surface area contributed by atoms with Gasteiger partial charge in [0.15, 0.2) is 0 Å². The number of rotatable bonds is 16. The van der Waals surface area contributed by atoms with Crippen molar-refractivity contribution in [3.63, 3.8) is 0 Å². The molecule has 6 heteroatoms. The van der Waals surface area contributed by atoms with Gasteiger partial charge < -0.3 is 5.73 Å². The second kappa shape index (κ2) is 18.2. The summed E-state index contributed by atoms with van der Waals surface area (Å²) in [6.07, 6.45) is 22.7. The van der Waals surface area contributed by atoms with Crippen molar-refractivity contribution in [1.82, 2.24) is 0 Å². The number of hydrogen-bond acceptors (Lipinski definition) is 3. The highest BCUT2D eigenvalue weighted by atomic mass is 32.3. The van der Waals surface area contributed by atoms with E-state index in [0.717, 1.165) is 0 Å². The molecule has 0 bridgehead atoms. The molecule has 160 valence electrons. The largest absolute Gasteiger partial charge is 0.394 e. The minimum atomic E-state index is -4.67. The predicted molar refractivity (Wildman–Crippen MR) is 112 cm³/mol. The van der Waals surface area contributed by atoms with Crippen LogP contribution < -0.4 is 5.73 Å². The van der Waals surface area contributed by atoms with Crippen molar-refractivity contribution in [2.24, 2.45) is 5.73 Å². The maximum absolute atomic E-state index is 8.74. The molecule has 4 N–H and O–H groups in total. The van der Waals surface area contributed by atoms with Gasteiger partial charge in [0.2, 0.25) is 0 Å². The Kier molecular flexibility index (Phi) is 19.6. The van der Waals surface area contributed by atoms with E-state index in [-0.39, 0.29) is 5.54 Å². The van der Waals surface area contributed by atoms with Crippen molar-refractivity contribution in [1.29, 1.82) is 0 Å². The van der Waals surface area contributed by atoms with Crippen LogP contribution in [0.3, 0.4) is 0 Å². The Bertz CT molecular complexity index is 370. The molecular weight excluding hydrogens is 350 g/mol. The maximum atomic E-state index is 8.74. The van der Waals surface area contributed by atoms with E-state index in [1.165, 1.54) is 103 Å². The topological polar surface area (TPSA) is 101 Å². The van der Waals surface area contributed by atoms with E-state index in [0.29, 0.717) is 0 Å². The molecule has 26 heavy (non-hydrogen) atoms. The lowest BCUT2D eigenvalue weighted by Gasteiger charge is -2.17. The molecule has 0 aliphatic heterocycles. The summed E-state index contributed by atoms with van der Waals surface area (Å²) >= 11 is 0. The molecule has 0 aromatic rings. The fourth-order valence-electron chi connectivity index (χ4n) is 2.95.